The van der Waals surface area contributed by atoms with Crippen molar-refractivity contribution >= 4 is 40.3 Å². The van der Waals surface area contributed by atoms with E-state index in [1.165, 1.54) is 17.4 Å². The molecule has 0 aliphatic rings. The van der Waals surface area contributed by atoms with Crippen molar-refractivity contribution in [2.24, 2.45) is 0 Å². The van der Waals surface area contributed by atoms with Gasteiger partial charge in [-0.3, -0.25) is 25.4 Å². The molecule has 0 aliphatic carbocycles. The molecule has 132 valence electrons. The fourth-order valence-corrected chi connectivity index (χ4v) is 3.43. The molecule has 2 amide bonds. The zero-order valence-corrected chi connectivity index (χ0v) is 15.3. The molecule has 2 aromatic heterocycles. The van der Waals surface area contributed by atoms with E-state index in [0.717, 1.165) is 27.9 Å². The van der Waals surface area contributed by atoms with Gasteiger partial charge in [0, 0.05) is 11.0 Å². The van der Waals surface area contributed by atoms with Crippen molar-refractivity contribution in [2.45, 2.75) is 20.3 Å². The van der Waals surface area contributed by atoms with Gasteiger partial charge in [-0.15, -0.1) is 11.3 Å². The second kappa shape index (κ2) is 7.88. The van der Waals surface area contributed by atoms with Gasteiger partial charge >= 0.3 is 0 Å². The number of carbonyl (C=O) groups is 2. The third-order valence-corrected chi connectivity index (χ3v) is 5.12. The number of rotatable bonds is 4. The Labute approximate surface area is 155 Å². The van der Waals surface area contributed by atoms with E-state index in [2.05, 4.69) is 20.8 Å². The predicted molar refractivity (Wildman–Crippen MR) is 103 cm³/mol. The van der Waals surface area contributed by atoms with Crippen LogP contribution in [0.5, 0.6) is 0 Å². The van der Waals surface area contributed by atoms with E-state index < -0.39 is 5.91 Å². The summed E-state index contributed by atoms with van der Waals surface area (Å²) in [5.74, 6) is -0.776. The lowest BCUT2D eigenvalue weighted by atomic mass is 10.2. The zero-order chi connectivity index (χ0) is 18.5. The van der Waals surface area contributed by atoms with Gasteiger partial charge in [0.05, 0.1) is 27.8 Å². The van der Waals surface area contributed by atoms with E-state index in [1.807, 2.05) is 44.2 Å². The second-order valence-electron chi connectivity index (χ2n) is 5.63. The normalized spacial score (nSPS) is 11.0. The number of nitrogens with one attached hydrogen (secondary N) is 2. The van der Waals surface area contributed by atoms with E-state index in [1.54, 1.807) is 12.3 Å². The fourth-order valence-electron chi connectivity index (χ4n) is 2.42. The number of carbonyl (C=O) groups excluding carboxylic acids is 2. The summed E-state index contributed by atoms with van der Waals surface area (Å²) in [5.41, 5.74) is 7.97. The van der Waals surface area contributed by atoms with E-state index >= 15 is 0 Å². The molecule has 0 atom stereocenters. The van der Waals surface area contributed by atoms with Gasteiger partial charge in [-0.2, -0.15) is 0 Å². The van der Waals surface area contributed by atoms with Gasteiger partial charge in [0.25, 0.3) is 11.8 Å². The van der Waals surface area contributed by atoms with Crippen molar-refractivity contribution in [3.8, 4) is 0 Å². The van der Waals surface area contributed by atoms with Crippen molar-refractivity contribution in [2.75, 3.05) is 0 Å². The summed E-state index contributed by atoms with van der Waals surface area (Å²) in [5, 5.41) is 0. The van der Waals surface area contributed by atoms with Gasteiger partial charge in [0.1, 0.15) is 0 Å². The summed E-state index contributed by atoms with van der Waals surface area (Å²) >= 11 is 1.43. The van der Waals surface area contributed by atoms with Crippen LogP contribution in [0.2, 0.25) is 0 Å². The Morgan fingerprint density at radius 2 is 1.96 bits per heavy atom. The molecule has 6 nitrogen and oxygen atoms in total. The number of hydrogen-bond acceptors (Lipinski definition) is 5. The first-order valence-corrected chi connectivity index (χ1v) is 8.98. The molecular formula is C19H18N4O2S. The average molecular weight is 366 g/mol. The fraction of sp³-hybridized carbons (Fsp3) is 0.158. The maximum Gasteiger partial charge on any atom is 0.279 e. The van der Waals surface area contributed by atoms with Crippen LogP contribution in [0.15, 0.2) is 42.6 Å². The molecule has 0 unspecified atom stereocenters. The summed E-state index contributed by atoms with van der Waals surface area (Å²) < 4.78 is 0. The monoisotopic (exact) mass is 366 g/mol. The molecule has 7 heteroatoms. The lowest BCUT2D eigenvalue weighted by Crippen LogP contribution is -2.40. The van der Waals surface area contributed by atoms with E-state index in [9.17, 15) is 9.59 Å². The molecule has 0 bridgehead atoms. The molecule has 26 heavy (non-hydrogen) atoms. The van der Waals surface area contributed by atoms with Crippen LogP contribution in [0.25, 0.3) is 17.1 Å². The Kier molecular flexibility index (Phi) is 5.38. The number of para-hydroxylation sites is 2. The topological polar surface area (TPSA) is 84.0 Å². The number of fused-ring (bicyclic) bond motifs is 1. The minimum Gasteiger partial charge on any atom is -0.268 e. The summed E-state index contributed by atoms with van der Waals surface area (Å²) in [6.45, 7) is 4.01. The highest BCUT2D eigenvalue weighted by Crippen LogP contribution is 2.21. The number of aryl methyl sites for hydroxylation is 2. The van der Waals surface area contributed by atoms with Gasteiger partial charge in [-0.1, -0.05) is 19.1 Å². The Bertz CT molecular complexity index is 994. The van der Waals surface area contributed by atoms with E-state index in [-0.39, 0.29) is 5.91 Å². The summed E-state index contributed by atoms with van der Waals surface area (Å²) in [6, 6.07) is 9.32. The third kappa shape index (κ3) is 4.12. The molecule has 3 rings (SSSR count). The number of nitrogens with zero attached hydrogens (tertiary/aromatic N) is 2. The maximum absolute atomic E-state index is 12.1. The van der Waals surface area contributed by atoms with Crippen LogP contribution in [0, 0.1) is 6.92 Å². The second-order valence-corrected chi connectivity index (χ2v) is 6.77. The SMILES string of the molecule is CCc1sc(C(=O)NNC(=O)/C=C/c2cnc3ccccc3n2)cc1C. The summed E-state index contributed by atoms with van der Waals surface area (Å²) in [6.07, 6.45) is 5.32. The van der Waals surface area contributed by atoms with Gasteiger partial charge < -0.3 is 0 Å². The Balaban J connectivity index is 1.58. The minimum absolute atomic E-state index is 0.329. The van der Waals surface area contributed by atoms with Crippen molar-refractivity contribution < 1.29 is 9.59 Å². The van der Waals surface area contributed by atoms with Crippen molar-refractivity contribution in [1.29, 1.82) is 0 Å². The van der Waals surface area contributed by atoms with E-state index in [0.29, 0.717) is 10.6 Å². The van der Waals surface area contributed by atoms with Gasteiger partial charge in [0.15, 0.2) is 0 Å². The lowest BCUT2D eigenvalue weighted by Gasteiger charge is -2.03. The summed E-state index contributed by atoms with van der Waals surface area (Å²) in [4.78, 5) is 34.4. The molecule has 0 fully saturated rings. The standard InChI is InChI=1S/C19H18N4O2S/c1-3-16-12(2)10-17(26-16)19(25)23-22-18(24)9-8-13-11-20-14-6-4-5-7-15(14)21-13/h4-11H,3H2,1-2H3,(H,22,24)(H,23,25)/b9-8+. The zero-order valence-electron chi connectivity index (χ0n) is 14.4. The van der Waals surface area contributed by atoms with Crippen LogP contribution in [0.1, 0.15) is 32.7 Å². The Morgan fingerprint density at radius 1 is 1.19 bits per heavy atom. The molecule has 0 saturated carbocycles. The number of amides is 2. The minimum atomic E-state index is -0.447. The van der Waals surface area contributed by atoms with Crippen LogP contribution in [-0.2, 0) is 11.2 Å². The van der Waals surface area contributed by atoms with Gasteiger partial charge in [-0.25, -0.2) is 4.98 Å². The van der Waals surface area contributed by atoms with Crippen molar-refractivity contribution in [1.82, 2.24) is 20.8 Å². The molecule has 0 saturated heterocycles. The molecule has 0 spiro atoms. The van der Waals surface area contributed by atoms with Crippen LogP contribution in [0.3, 0.4) is 0 Å². The smallest absolute Gasteiger partial charge is 0.268 e. The highest BCUT2D eigenvalue weighted by molar-refractivity contribution is 7.14. The largest absolute Gasteiger partial charge is 0.279 e. The molecule has 2 heterocycles. The molecule has 3 aromatic rings. The quantitative estimate of drug-likeness (QED) is 0.549. The molecule has 0 aliphatic heterocycles. The third-order valence-electron chi connectivity index (χ3n) is 3.74. The predicted octanol–water partition coefficient (Wildman–Crippen LogP) is 3.04. The number of aromatic nitrogens is 2. The van der Waals surface area contributed by atoms with Gasteiger partial charge in [0.2, 0.25) is 0 Å². The number of hydrogen-bond donors (Lipinski definition) is 2. The summed E-state index contributed by atoms with van der Waals surface area (Å²) in [7, 11) is 0. The maximum atomic E-state index is 12.1. The molecular weight excluding hydrogens is 348 g/mol. The highest BCUT2D eigenvalue weighted by Gasteiger charge is 2.11. The van der Waals surface area contributed by atoms with E-state index in [4.69, 9.17) is 0 Å². The highest BCUT2D eigenvalue weighted by atomic mass is 32.1. The first-order chi connectivity index (χ1) is 12.6. The number of thiophene rings is 1. The molecule has 2 N–H and O–H groups in total. The Morgan fingerprint density at radius 3 is 2.69 bits per heavy atom. The Hall–Kier alpha value is -3.06. The first-order valence-electron chi connectivity index (χ1n) is 8.16. The number of hydrazine groups is 1. The average Bonchev–Trinajstić information content (AvgIpc) is 3.05. The van der Waals surface area contributed by atoms with Gasteiger partial charge in [-0.05, 0) is 43.2 Å². The van der Waals surface area contributed by atoms with Crippen molar-refractivity contribution in [3.63, 3.8) is 0 Å². The molecule has 0 radical (unpaired) electrons. The van der Waals surface area contributed by atoms with Crippen LogP contribution < -0.4 is 10.9 Å². The molecule has 1 aromatic carbocycles. The lowest BCUT2D eigenvalue weighted by molar-refractivity contribution is -0.117. The first kappa shape index (κ1) is 17.8. The van der Waals surface area contributed by atoms with Crippen LogP contribution >= 0.6 is 11.3 Å². The van der Waals surface area contributed by atoms with Crippen LogP contribution in [-0.4, -0.2) is 21.8 Å². The number of benzene rings is 1. The van der Waals surface area contributed by atoms with Crippen LogP contribution in [0.4, 0.5) is 0 Å². The van der Waals surface area contributed by atoms with Crippen molar-refractivity contribution in [3.05, 3.63) is 63.6 Å².